The Morgan fingerprint density at radius 2 is 1.95 bits per heavy atom. The number of rotatable bonds is 6. The van der Waals surface area contributed by atoms with Crippen LogP contribution in [0.4, 0.5) is 0 Å². The maximum Gasteiger partial charge on any atom is 0.118 e. The summed E-state index contributed by atoms with van der Waals surface area (Å²) in [5, 5.41) is 3.68. The third kappa shape index (κ3) is 4.39. The molecule has 1 aliphatic carbocycles. The molecule has 0 aliphatic heterocycles. The molecule has 1 aromatic carbocycles. The maximum absolute atomic E-state index is 6.05. The topological polar surface area (TPSA) is 21.3 Å². The van der Waals surface area contributed by atoms with E-state index in [-0.39, 0.29) is 0 Å². The van der Waals surface area contributed by atoms with Crippen LogP contribution in [0.5, 0.6) is 5.75 Å². The second-order valence-corrected chi connectivity index (χ2v) is 5.67. The summed E-state index contributed by atoms with van der Waals surface area (Å²) < 4.78 is 5.17. The van der Waals surface area contributed by atoms with E-state index in [0.717, 1.165) is 24.6 Å². The van der Waals surface area contributed by atoms with Crippen molar-refractivity contribution in [2.45, 2.75) is 38.1 Å². The molecule has 0 bridgehead atoms. The molecule has 0 spiro atoms. The molecular formula is C16H24ClNO. The highest BCUT2D eigenvalue weighted by atomic mass is 35.5. The van der Waals surface area contributed by atoms with Crippen LogP contribution in [0.15, 0.2) is 24.3 Å². The average Bonchev–Trinajstić information content (AvgIpc) is 2.48. The van der Waals surface area contributed by atoms with Crippen molar-refractivity contribution in [3.05, 3.63) is 29.8 Å². The molecule has 0 heterocycles. The second-order valence-electron chi connectivity index (χ2n) is 5.36. The van der Waals surface area contributed by atoms with Crippen molar-refractivity contribution in [1.82, 2.24) is 5.32 Å². The molecule has 1 fully saturated rings. The van der Waals surface area contributed by atoms with Crippen molar-refractivity contribution < 1.29 is 4.74 Å². The second kappa shape index (κ2) is 7.76. The van der Waals surface area contributed by atoms with E-state index in [1.807, 2.05) is 12.1 Å². The Morgan fingerprint density at radius 1 is 1.21 bits per heavy atom. The fraction of sp³-hybridized carbons (Fsp3) is 0.625. The molecule has 2 rings (SSSR count). The lowest BCUT2D eigenvalue weighted by atomic mass is 9.85. The number of alkyl halides is 1. The molecule has 1 N–H and O–H groups in total. The van der Waals surface area contributed by atoms with E-state index in [0.29, 0.717) is 12.0 Å². The maximum atomic E-state index is 6.05. The first-order valence-electron chi connectivity index (χ1n) is 7.25. The fourth-order valence-electron chi connectivity index (χ4n) is 2.86. The summed E-state index contributed by atoms with van der Waals surface area (Å²) in [5.41, 5.74) is 1.35. The van der Waals surface area contributed by atoms with Gasteiger partial charge in [0.15, 0.2) is 0 Å². The van der Waals surface area contributed by atoms with Gasteiger partial charge in [0, 0.05) is 11.9 Å². The van der Waals surface area contributed by atoms with Gasteiger partial charge < -0.3 is 10.1 Å². The zero-order valence-electron chi connectivity index (χ0n) is 11.7. The quantitative estimate of drug-likeness (QED) is 0.804. The molecule has 106 valence electrons. The van der Waals surface area contributed by atoms with E-state index in [4.69, 9.17) is 16.3 Å². The van der Waals surface area contributed by atoms with Gasteiger partial charge in [-0.2, -0.15) is 0 Å². The van der Waals surface area contributed by atoms with Crippen LogP contribution in [0.1, 0.15) is 31.2 Å². The minimum atomic E-state index is 0.615. The third-order valence-electron chi connectivity index (χ3n) is 4.09. The smallest absolute Gasteiger partial charge is 0.118 e. The van der Waals surface area contributed by atoms with Crippen LogP contribution in [0, 0.1) is 5.92 Å². The molecule has 3 heteroatoms. The van der Waals surface area contributed by atoms with Crippen molar-refractivity contribution in [3.63, 3.8) is 0 Å². The summed E-state index contributed by atoms with van der Waals surface area (Å²) >= 11 is 6.05. The monoisotopic (exact) mass is 281 g/mol. The van der Waals surface area contributed by atoms with Crippen LogP contribution in [0.3, 0.4) is 0 Å². The van der Waals surface area contributed by atoms with Crippen molar-refractivity contribution in [3.8, 4) is 5.75 Å². The zero-order chi connectivity index (χ0) is 13.5. The summed E-state index contributed by atoms with van der Waals surface area (Å²) in [7, 11) is 1.70. The van der Waals surface area contributed by atoms with Gasteiger partial charge in [0.25, 0.3) is 0 Å². The number of halogens is 1. The number of methoxy groups -OCH3 is 1. The van der Waals surface area contributed by atoms with Crippen molar-refractivity contribution in [2.24, 2.45) is 5.92 Å². The molecule has 0 radical (unpaired) electrons. The first-order valence-corrected chi connectivity index (χ1v) is 7.79. The number of hydrogen-bond acceptors (Lipinski definition) is 2. The molecule has 0 amide bonds. The largest absolute Gasteiger partial charge is 0.497 e. The summed E-state index contributed by atoms with van der Waals surface area (Å²) in [5.74, 6) is 2.37. The molecule has 2 unspecified atom stereocenters. The highest BCUT2D eigenvalue weighted by Crippen LogP contribution is 2.25. The predicted molar refractivity (Wildman–Crippen MR) is 81.2 cm³/mol. The molecule has 0 aromatic heterocycles. The van der Waals surface area contributed by atoms with E-state index in [1.54, 1.807) is 7.11 Å². The van der Waals surface area contributed by atoms with E-state index in [9.17, 15) is 0 Å². The van der Waals surface area contributed by atoms with E-state index in [1.165, 1.54) is 31.2 Å². The molecule has 0 saturated heterocycles. The molecule has 1 saturated carbocycles. The van der Waals surface area contributed by atoms with Crippen LogP contribution in [0.2, 0.25) is 0 Å². The van der Waals surface area contributed by atoms with Crippen LogP contribution in [-0.2, 0) is 6.42 Å². The summed E-state index contributed by atoms with van der Waals surface area (Å²) in [4.78, 5) is 0. The van der Waals surface area contributed by atoms with Gasteiger partial charge in [-0.05, 0) is 49.4 Å². The van der Waals surface area contributed by atoms with Gasteiger partial charge in [0.05, 0.1) is 7.11 Å². The molecule has 2 nitrogen and oxygen atoms in total. The van der Waals surface area contributed by atoms with E-state index < -0.39 is 0 Å². The van der Waals surface area contributed by atoms with Crippen LogP contribution in [-0.4, -0.2) is 25.6 Å². The lowest BCUT2D eigenvalue weighted by Gasteiger charge is -2.31. The predicted octanol–water partition coefficient (Wildman–Crippen LogP) is 3.62. The van der Waals surface area contributed by atoms with E-state index >= 15 is 0 Å². The average molecular weight is 282 g/mol. The molecular weight excluding hydrogens is 258 g/mol. The van der Waals surface area contributed by atoms with Gasteiger partial charge in [-0.3, -0.25) is 0 Å². The highest BCUT2D eigenvalue weighted by molar-refractivity contribution is 6.18. The summed E-state index contributed by atoms with van der Waals surface area (Å²) in [6, 6.07) is 8.94. The Morgan fingerprint density at radius 3 is 2.63 bits per heavy atom. The highest BCUT2D eigenvalue weighted by Gasteiger charge is 2.23. The number of hydrogen-bond donors (Lipinski definition) is 1. The van der Waals surface area contributed by atoms with Crippen molar-refractivity contribution >= 4 is 11.6 Å². The third-order valence-corrected chi connectivity index (χ3v) is 4.48. The van der Waals surface area contributed by atoms with Crippen LogP contribution >= 0.6 is 11.6 Å². The SMILES string of the molecule is COc1ccc(CCNC2CCCCC2CCl)cc1. The number of nitrogens with one attached hydrogen (secondary N) is 1. The number of ether oxygens (including phenoxy) is 1. The Bertz CT molecular complexity index is 366. The Labute approximate surface area is 121 Å². The Balaban J connectivity index is 1.75. The zero-order valence-corrected chi connectivity index (χ0v) is 12.5. The fourth-order valence-corrected chi connectivity index (χ4v) is 3.22. The first-order chi connectivity index (χ1) is 9.33. The first kappa shape index (κ1) is 14.7. The standard InChI is InChI=1S/C16H24ClNO/c1-19-15-8-6-13(7-9-15)10-11-18-16-5-3-2-4-14(16)12-17/h6-9,14,16,18H,2-5,10-12H2,1H3. The van der Waals surface area contributed by atoms with Gasteiger partial charge in [-0.1, -0.05) is 25.0 Å². The lowest BCUT2D eigenvalue weighted by molar-refractivity contribution is 0.285. The minimum Gasteiger partial charge on any atom is -0.497 e. The van der Waals surface area contributed by atoms with E-state index in [2.05, 4.69) is 17.4 Å². The number of benzene rings is 1. The van der Waals surface area contributed by atoms with Crippen molar-refractivity contribution in [1.29, 1.82) is 0 Å². The van der Waals surface area contributed by atoms with Crippen molar-refractivity contribution in [2.75, 3.05) is 19.5 Å². The molecule has 19 heavy (non-hydrogen) atoms. The minimum absolute atomic E-state index is 0.615. The van der Waals surface area contributed by atoms with Crippen LogP contribution in [0.25, 0.3) is 0 Å². The Kier molecular flexibility index (Phi) is 5.99. The van der Waals surface area contributed by atoms with Gasteiger partial charge in [-0.15, -0.1) is 11.6 Å². The van der Waals surface area contributed by atoms with Crippen LogP contribution < -0.4 is 10.1 Å². The normalized spacial score (nSPS) is 23.3. The molecule has 1 aromatic rings. The molecule has 2 atom stereocenters. The van der Waals surface area contributed by atoms with Gasteiger partial charge in [0.1, 0.15) is 5.75 Å². The lowest BCUT2D eigenvalue weighted by Crippen LogP contribution is -2.40. The summed E-state index contributed by atoms with van der Waals surface area (Å²) in [6.45, 7) is 1.03. The van der Waals surface area contributed by atoms with Gasteiger partial charge in [0.2, 0.25) is 0 Å². The summed E-state index contributed by atoms with van der Waals surface area (Å²) in [6.07, 6.45) is 6.31. The van der Waals surface area contributed by atoms with Gasteiger partial charge in [-0.25, -0.2) is 0 Å². The van der Waals surface area contributed by atoms with Gasteiger partial charge >= 0.3 is 0 Å². The molecule has 1 aliphatic rings. The Hall–Kier alpha value is -0.730.